The third-order valence-corrected chi connectivity index (χ3v) is 2.64. The van der Waals surface area contributed by atoms with Gasteiger partial charge in [0, 0.05) is 11.6 Å². The highest BCUT2D eigenvalue weighted by atomic mass is 35.5. The van der Waals surface area contributed by atoms with Crippen molar-refractivity contribution < 1.29 is 0 Å². The standard InChI is InChI=1S/C10H12ClN/c1-7-4-8-2-3-12-6-9(8)10(11)5-7/h4-5,12H,2-3,6H2,1H3. The van der Waals surface area contributed by atoms with Crippen LogP contribution in [0.2, 0.25) is 5.02 Å². The highest BCUT2D eigenvalue weighted by Crippen LogP contribution is 2.24. The third kappa shape index (κ3) is 1.35. The lowest BCUT2D eigenvalue weighted by atomic mass is 9.99. The van der Waals surface area contributed by atoms with E-state index in [2.05, 4.69) is 18.3 Å². The Hall–Kier alpha value is -0.530. The normalized spacial score (nSPS) is 15.8. The molecular weight excluding hydrogens is 170 g/mol. The highest BCUT2D eigenvalue weighted by molar-refractivity contribution is 6.31. The summed E-state index contributed by atoms with van der Waals surface area (Å²) in [7, 11) is 0. The maximum Gasteiger partial charge on any atom is 0.0456 e. The summed E-state index contributed by atoms with van der Waals surface area (Å²) in [6.07, 6.45) is 1.11. The molecular formula is C10H12ClN. The van der Waals surface area contributed by atoms with Gasteiger partial charge in [-0.15, -0.1) is 0 Å². The van der Waals surface area contributed by atoms with Crippen molar-refractivity contribution in [2.45, 2.75) is 19.9 Å². The fraction of sp³-hybridized carbons (Fsp3) is 0.400. The van der Waals surface area contributed by atoms with E-state index < -0.39 is 0 Å². The summed E-state index contributed by atoms with van der Waals surface area (Å²) in [6, 6.07) is 4.27. The van der Waals surface area contributed by atoms with Crippen LogP contribution in [0.5, 0.6) is 0 Å². The Balaban J connectivity index is 2.53. The molecule has 1 heterocycles. The topological polar surface area (TPSA) is 12.0 Å². The Kier molecular flexibility index (Phi) is 2.07. The van der Waals surface area contributed by atoms with Gasteiger partial charge in [0.1, 0.15) is 0 Å². The number of fused-ring (bicyclic) bond motifs is 1. The van der Waals surface area contributed by atoms with Crippen molar-refractivity contribution in [1.29, 1.82) is 0 Å². The quantitative estimate of drug-likeness (QED) is 0.648. The summed E-state index contributed by atoms with van der Waals surface area (Å²) in [5.41, 5.74) is 3.97. The molecule has 0 atom stereocenters. The molecule has 0 unspecified atom stereocenters. The molecule has 0 bridgehead atoms. The molecule has 0 aromatic heterocycles. The van der Waals surface area contributed by atoms with Crippen LogP contribution >= 0.6 is 11.6 Å². The average molecular weight is 182 g/mol. The van der Waals surface area contributed by atoms with Crippen LogP contribution in [-0.2, 0) is 13.0 Å². The van der Waals surface area contributed by atoms with Crippen molar-refractivity contribution in [3.63, 3.8) is 0 Å². The molecule has 1 nitrogen and oxygen atoms in total. The second-order valence-corrected chi connectivity index (χ2v) is 3.72. The molecule has 0 radical (unpaired) electrons. The summed E-state index contributed by atoms with van der Waals surface area (Å²) in [4.78, 5) is 0. The number of rotatable bonds is 0. The molecule has 1 N–H and O–H groups in total. The molecule has 0 aliphatic carbocycles. The first-order valence-corrected chi connectivity index (χ1v) is 4.64. The molecule has 1 aliphatic rings. The Morgan fingerprint density at radius 1 is 1.42 bits per heavy atom. The average Bonchev–Trinajstić information content (AvgIpc) is 2.04. The van der Waals surface area contributed by atoms with Crippen molar-refractivity contribution in [2.75, 3.05) is 6.54 Å². The first kappa shape index (κ1) is 8.09. The highest BCUT2D eigenvalue weighted by Gasteiger charge is 2.11. The summed E-state index contributed by atoms with van der Waals surface area (Å²) in [5.74, 6) is 0. The van der Waals surface area contributed by atoms with E-state index in [1.165, 1.54) is 16.7 Å². The van der Waals surface area contributed by atoms with Gasteiger partial charge in [0.25, 0.3) is 0 Å². The van der Waals surface area contributed by atoms with Gasteiger partial charge in [-0.3, -0.25) is 0 Å². The predicted octanol–water partition coefficient (Wildman–Crippen LogP) is 2.29. The second kappa shape index (κ2) is 3.08. The molecule has 0 amide bonds. The largest absolute Gasteiger partial charge is 0.312 e. The number of benzene rings is 1. The van der Waals surface area contributed by atoms with Gasteiger partial charge < -0.3 is 5.32 Å². The molecule has 1 aliphatic heterocycles. The zero-order valence-electron chi connectivity index (χ0n) is 7.15. The zero-order valence-corrected chi connectivity index (χ0v) is 7.91. The third-order valence-electron chi connectivity index (χ3n) is 2.31. The molecule has 64 valence electrons. The zero-order chi connectivity index (χ0) is 8.55. The monoisotopic (exact) mass is 181 g/mol. The Labute approximate surface area is 77.7 Å². The van der Waals surface area contributed by atoms with Gasteiger partial charge in [0.2, 0.25) is 0 Å². The van der Waals surface area contributed by atoms with Gasteiger partial charge in [-0.05, 0) is 42.6 Å². The van der Waals surface area contributed by atoms with E-state index in [1.807, 2.05) is 6.07 Å². The van der Waals surface area contributed by atoms with Crippen LogP contribution in [0.1, 0.15) is 16.7 Å². The maximum atomic E-state index is 6.11. The fourth-order valence-electron chi connectivity index (χ4n) is 1.70. The SMILES string of the molecule is Cc1cc(Cl)c2c(c1)CCNC2. The Morgan fingerprint density at radius 2 is 2.25 bits per heavy atom. The molecule has 0 saturated heterocycles. The molecule has 2 heteroatoms. The molecule has 1 aromatic rings. The number of aryl methyl sites for hydroxylation is 1. The van der Waals surface area contributed by atoms with Gasteiger partial charge in [-0.1, -0.05) is 17.7 Å². The van der Waals surface area contributed by atoms with Gasteiger partial charge in [-0.25, -0.2) is 0 Å². The Bertz CT molecular complexity index is 307. The van der Waals surface area contributed by atoms with Crippen molar-refractivity contribution in [3.05, 3.63) is 33.8 Å². The van der Waals surface area contributed by atoms with Crippen LogP contribution in [0.3, 0.4) is 0 Å². The molecule has 2 rings (SSSR count). The van der Waals surface area contributed by atoms with Crippen LogP contribution in [0.4, 0.5) is 0 Å². The van der Waals surface area contributed by atoms with Crippen LogP contribution in [0, 0.1) is 6.92 Å². The second-order valence-electron chi connectivity index (χ2n) is 3.31. The van der Waals surface area contributed by atoms with E-state index in [0.29, 0.717) is 0 Å². The summed E-state index contributed by atoms with van der Waals surface area (Å²) in [5, 5.41) is 4.23. The molecule has 0 spiro atoms. The lowest BCUT2D eigenvalue weighted by Crippen LogP contribution is -2.23. The molecule has 0 fully saturated rings. The van der Waals surface area contributed by atoms with Crippen LogP contribution in [-0.4, -0.2) is 6.54 Å². The minimum absolute atomic E-state index is 0.914. The van der Waals surface area contributed by atoms with Gasteiger partial charge in [-0.2, -0.15) is 0 Å². The van der Waals surface area contributed by atoms with E-state index in [9.17, 15) is 0 Å². The Morgan fingerprint density at radius 3 is 3.08 bits per heavy atom. The lowest BCUT2D eigenvalue weighted by Gasteiger charge is -2.18. The van der Waals surface area contributed by atoms with Crippen molar-refractivity contribution in [3.8, 4) is 0 Å². The number of hydrogen-bond donors (Lipinski definition) is 1. The van der Waals surface area contributed by atoms with E-state index in [0.717, 1.165) is 24.5 Å². The number of nitrogens with one attached hydrogen (secondary N) is 1. The minimum atomic E-state index is 0.914. The number of hydrogen-bond acceptors (Lipinski definition) is 1. The van der Waals surface area contributed by atoms with E-state index in [1.54, 1.807) is 0 Å². The van der Waals surface area contributed by atoms with E-state index in [4.69, 9.17) is 11.6 Å². The number of halogens is 1. The minimum Gasteiger partial charge on any atom is -0.312 e. The van der Waals surface area contributed by atoms with Crippen LogP contribution in [0.25, 0.3) is 0 Å². The summed E-state index contributed by atoms with van der Waals surface area (Å²) >= 11 is 6.11. The molecule has 1 aromatic carbocycles. The lowest BCUT2D eigenvalue weighted by molar-refractivity contribution is 0.643. The smallest absolute Gasteiger partial charge is 0.0456 e. The predicted molar refractivity (Wildman–Crippen MR) is 51.6 cm³/mol. The van der Waals surface area contributed by atoms with Gasteiger partial charge >= 0.3 is 0 Å². The van der Waals surface area contributed by atoms with Crippen molar-refractivity contribution in [1.82, 2.24) is 5.32 Å². The summed E-state index contributed by atoms with van der Waals surface area (Å²) in [6.45, 7) is 4.09. The van der Waals surface area contributed by atoms with E-state index >= 15 is 0 Å². The first-order valence-electron chi connectivity index (χ1n) is 4.26. The van der Waals surface area contributed by atoms with Crippen LogP contribution in [0.15, 0.2) is 12.1 Å². The molecule has 12 heavy (non-hydrogen) atoms. The van der Waals surface area contributed by atoms with Crippen molar-refractivity contribution >= 4 is 11.6 Å². The van der Waals surface area contributed by atoms with Gasteiger partial charge in [0.05, 0.1) is 0 Å². The molecule has 0 saturated carbocycles. The van der Waals surface area contributed by atoms with Crippen LogP contribution < -0.4 is 5.32 Å². The fourth-order valence-corrected chi connectivity index (χ4v) is 2.06. The van der Waals surface area contributed by atoms with Crippen molar-refractivity contribution in [2.24, 2.45) is 0 Å². The summed E-state index contributed by atoms with van der Waals surface area (Å²) < 4.78 is 0. The van der Waals surface area contributed by atoms with E-state index in [-0.39, 0.29) is 0 Å². The van der Waals surface area contributed by atoms with Gasteiger partial charge in [0.15, 0.2) is 0 Å². The maximum absolute atomic E-state index is 6.11. The first-order chi connectivity index (χ1) is 5.77.